The Balaban J connectivity index is 2.42. The third-order valence-corrected chi connectivity index (χ3v) is 5.23. The average molecular weight is 573 g/mol. The van der Waals surface area contributed by atoms with Crippen molar-refractivity contribution in [3.63, 3.8) is 0 Å². The summed E-state index contributed by atoms with van der Waals surface area (Å²) in [5, 5.41) is -0.349. The van der Waals surface area contributed by atoms with Crippen LogP contribution >= 0.6 is 23.4 Å². The van der Waals surface area contributed by atoms with Crippen LogP contribution in [0.4, 0.5) is 57.1 Å². The van der Waals surface area contributed by atoms with Gasteiger partial charge in [-0.15, -0.1) is 0 Å². The number of ether oxygens (including phenoxy) is 1. The minimum absolute atomic E-state index is 0.593. The van der Waals surface area contributed by atoms with Crippen LogP contribution in [0.25, 0.3) is 0 Å². The van der Waals surface area contributed by atoms with Crippen LogP contribution in [-0.4, -0.2) is 46.9 Å². The normalized spacial score (nSPS) is 19.2. The summed E-state index contributed by atoms with van der Waals surface area (Å²) in [5.74, 6) is -6.10. The fourth-order valence-corrected chi connectivity index (χ4v) is 3.57. The van der Waals surface area contributed by atoms with Crippen molar-refractivity contribution >= 4 is 34.4 Å². The van der Waals surface area contributed by atoms with E-state index in [-0.39, 0.29) is 0 Å². The Labute approximate surface area is 194 Å². The van der Waals surface area contributed by atoms with Crippen molar-refractivity contribution in [3.05, 3.63) is 40.6 Å². The molecule has 4 nitrogen and oxygen atoms in total. The van der Waals surface area contributed by atoms with Crippen LogP contribution in [-0.2, 0) is 0 Å². The van der Waals surface area contributed by atoms with E-state index in [2.05, 4.69) is 21.3 Å². The summed E-state index contributed by atoms with van der Waals surface area (Å²) >= 11 is 3.49. The molecule has 0 fully saturated rings. The SMILES string of the molecule is O=C(NC1=NC(C(F)(F)F)(C(F)(F)F)C(=C(F)C(F)(F)F)S1)c1ccc(OC(F)(F)C(F)Cl)cc1. The first kappa shape index (κ1) is 28.9. The summed E-state index contributed by atoms with van der Waals surface area (Å²) in [5.41, 5.74) is -9.63. The van der Waals surface area contributed by atoms with E-state index in [1.165, 1.54) is 5.32 Å². The van der Waals surface area contributed by atoms with Gasteiger partial charge in [0, 0.05) is 5.56 Å². The molecule has 1 N–H and O–H groups in total. The molecule has 1 aromatic rings. The van der Waals surface area contributed by atoms with E-state index in [1.807, 2.05) is 0 Å². The first-order valence-corrected chi connectivity index (χ1v) is 9.54. The number of nitrogens with zero attached hydrogens (tertiary/aromatic N) is 1. The van der Waals surface area contributed by atoms with Gasteiger partial charge in [0.15, 0.2) is 5.17 Å². The molecule has 0 saturated carbocycles. The second-order valence-electron chi connectivity index (χ2n) is 6.31. The first-order chi connectivity index (χ1) is 15.6. The van der Waals surface area contributed by atoms with Crippen molar-refractivity contribution in [2.45, 2.75) is 35.8 Å². The number of amides is 1. The molecule has 0 radical (unpaired) electrons. The lowest BCUT2D eigenvalue weighted by molar-refractivity contribution is -0.280. The lowest BCUT2D eigenvalue weighted by atomic mass is 9.97. The zero-order valence-corrected chi connectivity index (χ0v) is 17.4. The highest BCUT2D eigenvalue weighted by Crippen LogP contribution is 2.59. The van der Waals surface area contributed by atoms with Gasteiger partial charge in [0.05, 0.1) is 4.91 Å². The van der Waals surface area contributed by atoms with Gasteiger partial charge in [-0.25, -0.2) is 13.8 Å². The molecule has 1 aliphatic rings. The van der Waals surface area contributed by atoms with Crippen LogP contribution in [0.15, 0.2) is 40.0 Å². The zero-order chi connectivity index (χ0) is 27.2. The number of hydrogen-bond donors (Lipinski definition) is 1. The van der Waals surface area contributed by atoms with Crippen molar-refractivity contribution in [3.8, 4) is 5.75 Å². The van der Waals surface area contributed by atoms with Crippen molar-refractivity contribution in [2.24, 2.45) is 4.99 Å². The molecule has 35 heavy (non-hydrogen) atoms. The molecule has 0 bridgehead atoms. The van der Waals surface area contributed by atoms with Crippen LogP contribution < -0.4 is 10.1 Å². The quantitative estimate of drug-likeness (QED) is 0.326. The lowest BCUT2D eigenvalue weighted by Crippen LogP contribution is -2.55. The average Bonchev–Trinajstić information content (AvgIpc) is 3.07. The molecule has 1 amide bonds. The number of rotatable bonds is 4. The number of halogens is 14. The molecular formula is C16H6ClF13N2O2S. The number of carbonyl (C=O) groups is 1. The molecule has 2 rings (SSSR count). The van der Waals surface area contributed by atoms with Gasteiger partial charge in [0.25, 0.3) is 17.1 Å². The van der Waals surface area contributed by atoms with Gasteiger partial charge in [-0.2, -0.15) is 48.3 Å². The number of carbonyl (C=O) groups excluding carboxylic acids is 1. The number of alkyl halides is 13. The standard InChI is InChI=1S/C16H6ClF13N2O2S/c17-10(19)14(23,24)34-6-3-1-5(2-4-6)9(33)31-11-32-12(15(25,26)27,16(28,29)30)8(35-11)7(18)13(20,21)22/h1-4,10H,(H,31,32,33). The zero-order valence-electron chi connectivity index (χ0n) is 15.9. The molecule has 0 aliphatic carbocycles. The number of benzene rings is 1. The fraction of sp³-hybridized carbons (Fsp3) is 0.375. The van der Waals surface area contributed by atoms with Gasteiger partial charge >= 0.3 is 24.6 Å². The summed E-state index contributed by atoms with van der Waals surface area (Å²) in [4.78, 5) is 11.3. The Bertz CT molecular complexity index is 1020. The molecule has 1 aromatic carbocycles. The van der Waals surface area contributed by atoms with E-state index in [0.29, 0.717) is 24.3 Å². The van der Waals surface area contributed by atoms with Crippen molar-refractivity contribution < 1.29 is 66.6 Å². The van der Waals surface area contributed by atoms with Gasteiger partial charge in [-0.3, -0.25) is 4.79 Å². The highest BCUT2D eigenvalue weighted by atomic mass is 35.5. The molecule has 0 saturated heterocycles. The second kappa shape index (κ2) is 9.25. The minimum atomic E-state index is -6.62. The second-order valence-corrected chi connectivity index (χ2v) is 7.69. The van der Waals surface area contributed by atoms with Crippen LogP contribution in [0, 0.1) is 0 Å². The van der Waals surface area contributed by atoms with E-state index in [0.717, 1.165) is 0 Å². The Hall–Kier alpha value is -2.37. The minimum Gasteiger partial charge on any atom is -0.429 e. The number of aliphatic imine (C=N–C) groups is 1. The van der Waals surface area contributed by atoms with Crippen molar-refractivity contribution in [1.82, 2.24) is 5.32 Å². The van der Waals surface area contributed by atoms with E-state index >= 15 is 0 Å². The predicted octanol–water partition coefficient (Wildman–Crippen LogP) is 6.63. The third kappa shape index (κ3) is 5.73. The Morgan fingerprint density at radius 2 is 1.46 bits per heavy atom. The maximum atomic E-state index is 13.7. The number of amidine groups is 1. The van der Waals surface area contributed by atoms with Crippen molar-refractivity contribution in [2.75, 3.05) is 0 Å². The smallest absolute Gasteiger partial charge is 0.429 e. The predicted molar refractivity (Wildman–Crippen MR) is 94.3 cm³/mol. The van der Waals surface area contributed by atoms with Gasteiger partial charge in [0.1, 0.15) is 5.75 Å². The van der Waals surface area contributed by atoms with Gasteiger partial charge in [0.2, 0.25) is 5.83 Å². The van der Waals surface area contributed by atoms with E-state index < -0.39 is 80.7 Å². The number of hydrogen-bond acceptors (Lipinski definition) is 4. The van der Waals surface area contributed by atoms with E-state index in [4.69, 9.17) is 0 Å². The Morgan fingerprint density at radius 1 is 0.971 bits per heavy atom. The molecule has 0 spiro atoms. The fourth-order valence-electron chi connectivity index (χ4n) is 2.37. The van der Waals surface area contributed by atoms with Crippen molar-refractivity contribution in [1.29, 1.82) is 0 Å². The Kier molecular flexibility index (Phi) is 7.63. The number of thioether (sulfide) groups is 1. The summed E-state index contributed by atoms with van der Waals surface area (Å²) in [6.07, 6.45) is -24.0. The maximum absolute atomic E-state index is 13.7. The summed E-state index contributed by atoms with van der Waals surface area (Å²) in [6.45, 7) is 0. The molecule has 1 aliphatic heterocycles. The first-order valence-electron chi connectivity index (χ1n) is 8.28. The number of nitrogens with one attached hydrogen (secondary N) is 1. The van der Waals surface area contributed by atoms with Crippen LogP contribution in [0.2, 0.25) is 0 Å². The van der Waals surface area contributed by atoms with Gasteiger partial charge in [-0.05, 0) is 24.3 Å². The molecule has 1 unspecified atom stereocenters. The topological polar surface area (TPSA) is 50.7 Å². The van der Waals surface area contributed by atoms with E-state index in [9.17, 15) is 61.9 Å². The molecule has 196 valence electrons. The van der Waals surface area contributed by atoms with Gasteiger partial charge in [-0.1, -0.05) is 23.4 Å². The third-order valence-electron chi connectivity index (χ3n) is 3.91. The van der Waals surface area contributed by atoms with Crippen LogP contribution in [0.5, 0.6) is 5.75 Å². The van der Waals surface area contributed by atoms with E-state index in [1.54, 1.807) is 0 Å². The molecule has 0 aromatic heterocycles. The highest BCUT2D eigenvalue weighted by Gasteiger charge is 2.77. The summed E-state index contributed by atoms with van der Waals surface area (Å²) in [7, 11) is 0. The summed E-state index contributed by atoms with van der Waals surface area (Å²) in [6, 6.07) is 2.43. The highest BCUT2D eigenvalue weighted by molar-refractivity contribution is 8.17. The van der Waals surface area contributed by atoms with Gasteiger partial charge < -0.3 is 10.1 Å². The largest absolute Gasteiger partial charge is 0.444 e. The van der Waals surface area contributed by atoms with Crippen LogP contribution in [0.3, 0.4) is 0 Å². The number of allylic oxidation sites excluding steroid dienone is 1. The molecular weight excluding hydrogens is 567 g/mol. The molecule has 1 atom stereocenters. The summed E-state index contributed by atoms with van der Waals surface area (Å²) < 4.78 is 174. The monoisotopic (exact) mass is 572 g/mol. The maximum Gasteiger partial charge on any atom is 0.444 e. The lowest BCUT2D eigenvalue weighted by Gasteiger charge is -2.31. The molecule has 19 heteroatoms. The van der Waals surface area contributed by atoms with Crippen LogP contribution in [0.1, 0.15) is 10.4 Å². The Morgan fingerprint density at radius 3 is 1.86 bits per heavy atom. The molecule has 1 heterocycles.